The first-order chi connectivity index (χ1) is 10.6. The second kappa shape index (κ2) is 8.08. The molecule has 22 heavy (non-hydrogen) atoms. The van der Waals surface area contributed by atoms with Gasteiger partial charge in [-0.1, -0.05) is 35.9 Å². The summed E-state index contributed by atoms with van der Waals surface area (Å²) < 4.78 is 5.52. The van der Waals surface area contributed by atoms with Crippen molar-refractivity contribution in [2.24, 2.45) is 0 Å². The molecule has 0 unspecified atom stereocenters. The first kappa shape index (κ1) is 15.9. The van der Waals surface area contributed by atoms with E-state index in [0.29, 0.717) is 13.2 Å². The Bertz CT molecular complexity index is 612. The average Bonchev–Trinajstić information content (AvgIpc) is 2.52. The molecule has 2 aromatic rings. The van der Waals surface area contributed by atoms with E-state index in [4.69, 9.17) is 4.74 Å². The first-order valence-corrected chi connectivity index (χ1v) is 7.41. The van der Waals surface area contributed by atoms with Gasteiger partial charge in [0.2, 0.25) is 5.91 Å². The molecule has 0 aliphatic carbocycles. The molecule has 116 valence electrons. The Hall–Kier alpha value is -2.49. The molecular formula is C18H22N2O2. The minimum atomic E-state index is -0.0448. The highest BCUT2D eigenvalue weighted by atomic mass is 16.5. The maximum Gasteiger partial charge on any atom is 0.239 e. The van der Waals surface area contributed by atoms with Crippen molar-refractivity contribution in [3.63, 3.8) is 0 Å². The lowest BCUT2D eigenvalue weighted by atomic mass is 10.1. The monoisotopic (exact) mass is 298 g/mol. The molecule has 2 aromatic carbocycles. The van der Waals surface area contributed by atoms with Crippen LogP contribution >= 0.6 is 0 Å². The zero-order valence-corrected chi connectivity index (χ0v) is 13.1. The van der Waals surface area contributed by atoms with Gasteiger partial charge in [0.1, 0.15) is 12.4 Å². The summed E-state index contributed by atoms with van der Waals surface area (Å²) in [7, 11) is 0. The number of hydrogen-bond donors (Lipinski definition) is 2. The number of benzene rings is 2. The maximum atomic E-state index is 11.8. The summed E-state index contributed by atoms with van der Waals surface area (Å²) in [5.41, 5.74) is 3.34. The zero-order chi connectivity index (χ0) is 15.8. The Kier molecular flexibility index (Phi) is 5.83. The second-order valence-corrected chi connectivity index (χ2v) is 5.18. The van der Waals surface area contributed by atoms with E-state index in [-0.39, 0.29) is 12.5 Å². The van der Waals surface area contributed by atoms with Gasteiger partial charge in [-0.05, 0) is 37.6 Å². The second-order valence-electron chi connectivity index (χ2n) is 5.18. The Balaban J connectivity index is 1.65. The van der Waals surface area contributed by atoms with Crippen LogP contribution in [0.15, 0.2) is 48.5 Å². The summed E-state index contributed by atoms with van der Waals surface area (Å²) in [4.78, 5) is 11.8. The van der Waals surface area contributed by atoms with Crippen molar-refractivity contribution in [2.75, 3.05) is 25.0 Å². The van der Waals surface area contributed by atoms with Gasteiger partial charge in [0.15, 0.2) is 0 Å². The fraction of sp³-hybridized carbons (Fsp3) is 0.278. The van der Waals surface area contributed by atoms with Gasteiger partial charge in [0, 0.05) is 5.69 Å². The molecule has 0 saturated heterocycles. The summed E-state index contributed by atoms with van der Waals surface area (Å²) >= 11 is 0. The van der Waals surface area contributed by atoms with Crippen molar-refractivity contribution in [1.29, 1.82) is 0 Å². The summed E-state index contributed by atoms with van der Waals surface area (Å²) in [5.74, 6) is 0.766. The number of rotatable bonds is 7. The van der Waals surface area contributed by atoms with Crippen LogP contribution in [0.1, 0.15) is 11.1 Å². The van der Waals surface area contributed by atoms with Crippen LogP contribution in [-0.2, 0) is 4.79 Å². The van der Waals surface area contributed by atoms with E-state index in [0.717, 1.165) is 17.0 Å². The van der Waals surface area contributed by atoms with Gasteiger partial charge in [-0.15, -0.1) is 0 Å². The summed E-state index contributed by atoms with van der Waals surface area (Å²) in [6.45, 7) is 5.29. The molecule has 0 bridgehead atoms. The van der Waals surface area contributed by atoms with Crippen LogP contribution in [0.2, 0.25) is 0 Å². The molecule has 1 amide bonds. The lowest BCUT2D eigenvalue weighted by Gasteiger charge is -2.11. The SMILES string of the molecule is Cc1ccc(NCC(=O)NCCOc2ccccc2)c(C)c1. The molecule has 0 spiro atoms. The summed E-state index contributed by atoms with van der Waals surface area (Å²) in [5, 5.41) is 5.97. The standard InChI is InChI=1S/C18H22N2O2/c1-14-8-9-17(15(2)12-14)20-13-18(21)19-10-11-22-16-6-4-3-5-7-16/h3-9,12,20H,10-11,13H2,1-2H3,(H,19,21). The van der Waals surface area contributed by atoms with Crippen molar-refractivity contribution >= 4 is 11.6 Å². The molecule has 0 aromatic heterocycles. The molecule has 2 N–H and O–H groups in total. The van der Waals surface area contributed by atoms with Crippen LogP contribution in [0.5, 0.6) is 5.75 Å². The van der Waals surface area contributed by atoms with E-state index in [1.807, 2.05) is 49.4 Å². The molecular weight excluding hydrogens is 276 g/mol. The van der Waals surface area contributed by atoms with E-state index in [1.165, 1.54) is 5.56 Å². The molecule has 0 atom stereocenters. The fourth-order valence-electron chi connectivity index (χ4n) is 2.13. The predicted octanol–water partition coefficient (Wildman–Crippen LogP) is 2.91. The number of amides is 1. The highest BCUT2D eigenvalue weighted by Crippen LogP contribution is 2.15. The molecule has 0 radical (unpaired) electrons. The van der Waals surface area contributed by atoms with Gasteiger partial charge in [0.05, 0.1) is 13.1 Å². The van der Waals surface area contributed by atoms with Crippen LogP contribution in [0.4, 0.5) is 5.69 Å². The van der Waals surface area contributed by atoms with Crippen LogP contribution < -0.4 is 15.4 Å². The lowest BCUT2D eigenvalue weighted by Crippen LogP contribution is -2.33. The van der Waals surface area contributed by atoms with Crippen LogP contribution in [0, 0.1) is 13.8 Å². The molecule has 4 nitrogen and oxygen atoms in total. The zero-order valence-electron chi connectivity index (χ0n) is 13.1. The van der Waals surface area contributed by atoms with Gasteiger partial charge < -0.3 is 15.4 Å². The third-order valence-corrected chi connectivity index (χ3v) is 3.26. The number of aryl methyl sites for hydroxylation is 2. The Morgan fingerprint density at radius 2 is 1.86 bits per heavy atom. The number of anilines is 1. The number of carbonyl (C=O) groups is 1. The Morgan fingerprint density at radius 3 is 2.59 bits per heavy atom. The van der Waals surface area contributed by atoms with E-state index < -0.39 is 0 Å². The topological polar surface area (TPSA) is 50.4 Å². The number of carbonyl (C=O) groups excluding carboxylic acids is 1. The molecule has 4 heteroatoms. The average molecular weight is 298 g/mol. The van der Waals surface area contributed by atoms with Crippen molar-refractivity contribution < 1.29 is 9.53 Å². The number of para-hydroxylation sites is 1. The molecule has 0 saturated carbocycles. The van der Waals surface area contributed by atoms with E-state index in [2.05, 4.69) is 23.6 Å². The minimum Gasteiger partial charge on any atom is -0.492 e. The fourth-order valence-corrected chi connectivity index (χ4v) is 2.13. The number of ether oxygens (including phenoxy) is 1. The molecule has 0 fully saturated rings. The van der Waals surface area contributed by atoms with E-state index >= 15 is 0 Å². The summed E-state index contributed by atoms with van der Waals surface area (Å²) in [6.07, 6.45) is 0. The number of hydrogen-bond acceptors (Lipinski definition) is 3. The van der Waals surface area contributed by atoms with Crippen molar-refractivity contribution in [3.8, 4) is 5.75 Å². The van der Waals surface area contributed by atoms with Gasteiger partial charge in [0.25, 0.3) is 0 Å². The van der Waals surface area contributed by atoms with Gasteiger partial charge >= 0.3 is 0 Å². The third-order valence-electron chi connectivity index (χ3n) is 3.26. The van der Waals surface area contributed by atoms with Crippen molar-refractivity contribution in [3.05, 3.63) is 59.7 Å². The first-order valence-electron chi connectivity index (χ1n) is 7.41. The Labute approximate surface area is 131 Å². The molecule has 0 heterocycles. The molecule has 2 rings (SSSR count). The normalized spacial score (nSPS) is 10.1. The van der Waals surface area contributed by atoms with Crippen LogP contribution in [-0.4, -0.2) is 25.6 Å². The highest BCUT2D eigenvalue weighted by Gasteiger charge is 2.03. The molecule has 0 aliphatic rings. The van der Waals surface area contributed by atoms with Gasteiger partial charge in [-0.3, -0.25) is 4.79 Å². The minimum absolute atomic E-state index is 0.0448. The van der Waals surface area contributed by atoms with E-state index in [9.17, 15) is 4.79 Å². The summed E-state index contributed by atoms with van der Waals surface area (Å²) in [6, 6.07) is 15.7. The maximum absolute atomic E-state index is 11.8. The van der Waals surface area contributed by atoms with E-state index in [1.54, 1.807) is 0 Å². The molecule has 0 aliphatic heterocycles. The lowest BCUT2D eigenvalue weighted by molar-refractivity contribution is -0.119. The van der Waals surface area contributed by atoms with Crippen LogP contribution in [0.3, 0.4) is 0 Å². The number of nitrogens with one attached hydrogen (secondary N) is 2. The van der Waals surface area contributed by atoms with Gasteiger partial charge in [-0.2, -0.15) is 0 Å². The third kappa shape index (κ3) is 5.13. The smallest absolute Gasteiger partial charge is 0.239 e. The quantitative estimate of drug-likeness (QED) is 0.773. The highest BCUT2D eigenvalue weighted by molar-refractivity contribution is 5.80. The van der Waals surface area contributed by atoms with Crippen molar-refractivity contribution in [2.45, 2.75) is 13.8 Å². The van der Waals surface area contributed by atoms with Crippen molar-refractivity contribution in [1.82, 2.24) is 5.32 Å². The predicted molar refractivity (Wildman–Crippen MR) is 89.4 cm³/mol. The van der Waals surface area contributed by atoms with Crippen LogP contribution in [0.25, 0.3) is 0 Å². The Morgan fingerprint density at radius 1 is 1.09 bits per heavy atom. The largest absolute Gasteiger partial charge is 0.492 e. The van der Waals surface area contributed by atoms with Gasteiger partial charge in [-0.25, -0.2) is 0 Å².